The van der Waals surface area contributed by atoms with Crippen molar-refractivity contribution in [3.8, 4) is 0 Å². The topological polar surface area (TPSA) is 43.9 Å². The van der Waals surface area contributed by atoms with Crippen molar-refractivity contribution in [2.24, 2.45) is 5.92 Å². The number of likely N-dealkylation sites (tertiary alicyclic amines) is 2. The first-order valence-electron chi connectivity index (χ1n) is 10.5. The summed E-state index contributed by atoms with van der Waals surface area (Å²) < 4.78 is 0. The lowest BCUT2D eigenvalue weighted by molar-refractivity contribution is -0.140. The minimum Gasteiger partial charge on any atom is -0.341 e. The van der Waals surface area contributed by atoms with Gasteiger partial charge in [-0.1, -0.05) is 31.2 Å². The fourth-order valence-corrected chi connectivity index (χ4v) is 4.82. The Morgan fingerprint density at radius 2 is 1.70 bits per heavy atom. The van der Waals surface area contributed by atoms with Gasteiger partial charge < -0.3 is 9.80 Å². The molecule has 3 heterocycles. The van der Waals surface area contributed by atoms with E-state index in [4.69, 9.17) is 0 Å². The van der Waals surface area contributed by atoms with E-state index >= 15 is 0 Å². The summed E-state index contributed by atoms with van der Waals surface area (Å²) in [6.45, 7) is 6.70. The van der Waals surface area contributed by atoms with Gasteiger partial charge in [0.1, 0.15) is 0 Å². The van der Waals surface area contributed by atoms with Gasteiger partial charge in [0.05, 0.1) is 12.6 Å². The first-order chi connectivity index (χ1) is 13.1. The van der Waals surface area contributed by atoms with Crippen LogP contribution >= 0.6 is 0 Å². The Bertz CT molecular complexity index is 699. The first-order valence-corrected chi connectivity index (χ1v) is 10.5. The van der Waals surface area contributed by atoms with Crippen molar-refractivity contribution in [3.63, 3.8) is 0 Å². The Morgan fingerprint density at radius 1 is 1.00 bits per heavy atom. The van der Waals surface area contributed by atoms with Crippen molar-refractivity contribution in [1.29, 1.82) is 0 Å². The summed E-state index contributed by atoms with van der Waals surface area (Å²) in [6, 6.07) is 8.15. The van der Waals surface area contributed by atoms with Crippen molar-refractivity contribution < 1.29 is 9.59 Å². The van der Waals surface area contributed by atoms with E-state index in [1.165, 1.54) is 17.5 Å². The summed E-state index contributed by atoms with van der Waals surface area (Å²) in [4.78, 5) is 32.3. The fraction of sp³-hybridized carbons (Fsp3) is 0.636. The highest BCUT2D eigenvalue weighted by Gasteiger charge is 2.36. The first kappa shape index (κ1) is 18.5. The lowest BCUT2D eigenvalue weighted by atomic mass is 9.93. The van der Waals surface area contributed by atoms with Gasteiger partial charge in [0, 0.05) is 32.7 Å². The second kappa shape index (κ2) is 8.01. The number of benzene rings is 1. The molecule has 0 saturated carbocycles. The lowest BCUT2D eigenvalue weighted by Crippen LogP contribution is -2.54. The van der Waals surface area contributed by atoms with Gasteiger partial charge in [-0.25, -0.2) is 0 Å². The van der Waals surface area contributed by atoms with E-state index in [2.05, 4.69) is 24.0 Å². The zero-order chi connectivity index (χ0) is 18.8. The highest BCUT2D eigenvalue weighted by Crippen LogP contribution is 2.26. The van der Waals surface area contributed by atoms with E-state index in [-0.39, 0.29) is 17.9 Å². The molecule has 0 bridgehead atoms. The predicted molar refractivity (Wildman–Crippen MR) is 105 cm³/mol. The average molecular weight is 370 g/mol. The number of carbonyl (C=O) groups is 2. The van der Waals surface area contributed by atoms with Crippen LogP contribution in [0.15, 0.2) is 24.3 Å². The summed E-state index contributed by atoms with van der Waals surface area (Å²) >= 11 is 0. The van der Waals surface area contributed by atoms with Gasteiger partial charge in [-0.15, -0.1) is 0 Å². The molecule has 1 aromatic rings. The predicted octanol–water partition coefficient (Wildman–Crippen LogP) is 2.29. The molecule has 3 aliphatic rings. The molecule has 0 N–H and O–H groups in total. The fourth-order valence-electron chi connectivity index (χ4n) is 4.82. The molecule has 2 atom stereocenters. The number of fused-ring (bicyclic) bond motifs is 1. The Balaban J connectivity index is 1.51. The molecule has 5 heteroatoms. The molecular formula is C22H31N3O2. The maximum absolute atomic E-state index is 13.2. The summed E-state index contributed by atoms with van der Waals surface area (Å²) in [5.74, 6) is 0.966. The summed E-state index contributed by atoms with van der Waals surface area (Å²) in [6.07, 6.45) is 5.21. The van der Waals surface area contributed by atoms with Crippen molar-refractivity contribution in [2.45, 2.75) is 51.6 Å². The van der Waals surface area contributed by atoms with Crippen LogP contribution in [0.5, 0.6) is 0 Å². The van der Waals surface area contributed by atoms with Crippen LogP contribution in [0.2, 0.25) is 0 Å². The minimum absolute atomic E-state index is 0.181. The molecule has 3 aliphatic heterocycles. The average Bonchev–Trinajstić information content (AvgIpc) is 3.21. The third-order valence-corrected chi connectivity index (χ3v) is 6.40. The Kier molecular flexibility index (Phi) is 5.48. The normalized spacial score (nSPS) is 26.1. The van der Waals surface area contributed by atoms with Gasteiger partial charge in [-0.3, -0.25) is 14.5 Å². The van der Waals surface area contributed by atoms with E-state index in [1.54, 1.807) is 0 Å². The summed E-state index contributed by atoms with van der Waals surface area (Å²) in [5, 5.41) is 0. The number of amides is 2. The second-order valence-corrected chi connectivity index (χ2v) is 8.51. The summed E-state index contributed by atoms with van der Waals surface area (Å²) in [7, 11) is 0. The zero-order valence-electron chi connectivity index (χ0n) is 16.4. The number of hydrogen-bond donors (Lipinski definition) is 0. The molecule has 1 aromatic carbocycles. The molecule has 27 heavy (non-hydrogen) atoms. The van der Waals surface area contributed by atoms with Gasteiger partial charge in [-0.05, 0) is 49.1 Å². The van der Waals surface area contributed by atoms with Gasteiger partial charge >= 0.3 is 0 Å². The van der Waals surface area contributed by atoms with E-state index in [9.17, 15) is 9.59 Å². The van der Waals surface area contributed by atoms with Crippen LogP contribution in [0.4, 0.5) is 0 Å². The molecule has 0 aliphatic carbocycles. The molecular weight excluding hydrogens is 338 g/mol. The maximum Gasteiger partial charge on any atom is 0.240 e. The van der Waals surface area contributed by atoms with Crippen molar-refractivity contribution >= 4 is 11.8 Å². The Morgan fingerprint density at radius 3 is 2.44 bits per heavy atom. The smallest absolute Gasteiger partial charge is 0.240 e. The van der Waals surface area contributed by atoms with Crippen molar-refractivity contribution in [3.05, 3.63) is 35.4 Å². The monoisotopic (exact) mass is 369 g/mol. The zero-order valence-corrected chi connectivity index (χ0v) is 16.4. The Hall–Kier alpha value is -1.88. The van der Waals surface area contributed by atoms with Crippen LogP contribution in [0.3, 0.4) is 0 Å². The molecule has 2 amide bonds. The molecule has 0 unspecified atom stereocenters. The highest BCUT2D eigenvalue weighted by molar-refractivity contribution is 5.84. The SMILES string of the molecule is C[C@@H]1CCCN(C(=O)CN2Cc3ccccc3C[C@@H]2C(=O)N2CCCC2)C1. The van der Waals surface area contributed by atoms with Crippen LogP contribution in [0, 0.1) is 5.92 Å². The molecule has 2 fully saturated rings. The van der Waals surface area contributed by atoms with Crippen LogP contribution in [0.25, 0.3) is 0 Å². The second-order valence-electron chi connectivity index (χ2n) is 8.51. The summed E-state index contributed by atoms with van der Waals surface area (Å²) in [5.41, 5.74) is 2.51. The van der Waals surface area contributed by atoms with E-state index in [0.717, 1.165) is 51.9 Å². The third kappa shape index (κ3) is 4.03. The van der Waals surface area contributed by atoms with E-state index in [0.29, 0.717) is 19.0 Å². The number of carbonyl (C=O) groups excluding carboxylic acids is 2. The standard InChI is InChI=1S/C22H31N3O2/c1-17-7-6-12-24(14-17)21(26)16-25-15-19-9-3-2-8-18(19)13-20(25)22(27)23-10-4-5-11-23/h2-3,8-9,17,20H,4-7,10-16H2,1H3/t17-,20-/m1/s1. The number of piperidine rings is 1. The van der Waals surface area contributed by atoms with Gasteiger partial charge in [0.15, 0.2) is 0 Å². The molecule has 5 nitrogen and oxygen atoms in total. The largest absolute Gasteiger partial charge is 0.341 e. The molecule has 146 valence electrons. The number of rotatable bonds is 3. The van der Waals surface area contributed by atoms with Gasteiger partial charge in [0.25, 0.3) is 0 Å². The molecule has 0 aromatic heterocycles. The van der Waals surface area contributed by atoms with Crippen molar-refractivity contribution in [2.75, 3.05) is 32.7 Å². The van der Waals surface area contributed by atoms with Crippen molar-refractivity contribution in [1.82, 2.24) is 14.7 Å². The van der Waals surface area contributed by atoms with Gasteiger partial charge in [-0.2, -0.15) is 0 Å². The van der Waals surface area contributed by atoms with E-state index < -0.39 is 0 Å². The molecule has 2 saturated heterocycles. The minimum atomic E-state index is -0.204. The third-order valence-electron chi connectivity index (χ3n) is 6.40. The lowest BCUT2D eigenvalue weighted by Gasteiger charge is -2.39. The van der Waals surface area contributed by atoms with E-state index in [1.807, 2.05) is 21.9 Å². The maximum atomic E-state index is 13.2. The molecule has 0 radical (unpaired) electrons. The Labute approximate surface area is 162 Å². The molecule has 0 spiro atoms. The quantitative estimate of drug-likeness (QED) is 0.821. The van der Waals surface area contributed by atoms with Crippen LogP contribution in [-0.4, -0.2) is 65.3 Å². The van der Waals surface area contributed by atoms with Crippen LogP contribution in [-0.2, 0) is 22.6 Å². The number of hydrogen-bond acceptors (Lipinski definition) is 3. The van der Waals surface area contributed by atoms with Gasteiger partial charge in [0.2, 0.25) is 11.8 Å². The van der Waals surface area contributed by atoms with Crippen LogP contribution < -0.4 is 0 Å². The van der Waals surface area contributed by atoms with Crippen LogP contribution in [0.1, 0.15) is 43.7 Å². The number of nitrogens with zero attached hydrogens (tertiary/aromatic N) is 3. The molecule has 4 rings (SSSR count). The highest BCUT2D eigenvalue weighted by atomic mass is 16.2.